The van der Waals surface area contributed by atoms with Crippen molar-refractivity contribution in [3.05, 3.63) is 59.5 Å². The maximum absolute atomic E-state index is 12.8. The second kappa shape index (κ2) is 10.4. The summed E-state index contributed by atoms with van der Waals surface area (Å²) in [5, 5.41) is 7.77. The average molecular weight is 467 g/mol. The van der Waals surface area contributed by atoms with E-state index in [1.807, 2.05) is 28.8 Å². The van der Waals surface area contributed by atoms with Crippen LogP contribution in [-0.4, -0.2) is 50.9 Å². The third-order valence-corrected chi connectivity index (χ3v) is 6.11. The van der Waals surface area contributed by atoms with Crippen molar-refractivity contribution in [2.24, 2.45) is 0 Å². The topological polar surface area (TPSA) is 105 Å². The Hall–Kier alpha value is -3.50. The number of hydrogen-bond acceptors (Lipinski definition) is 7. The number of fused-ring (bicyclic) bond motifs is 1. The number of amides is 2. The molecule has 0 aliphatic carbocycles. The summed E-state index contributed by atoms with van der Waals surface area (Å²) in [6, 6.07) is 11.1. The minimum atomic E-state index is -0.382. The number of anilines is 2. The first kappa shape index (κ1) is 22.7. The number of para-hydroxylation sites is 2. The third kappa shape index (κ3) is 5.47. The number of aromatic nitrogens is 3. The quantitative estimate of drug-likeness (QED) is 0.368. The van der Waals surface area contributed by atoms with E-state index in [0.717, 1.165) is 37.2 Å². The molecule has 0 spiro atoms. The van der Waals surface area contributed by atoms with E-state index in [9.17, 15) is 9.59 Å². The zero-order chi connectivity index (χ0) is 23.2. The summed E-state index contributed by atoms with van der Waals surface area (Å²) in [5.41, 5.74) is 2.39. The number of nitrogens with one attached hydrogen (secondary N) is 2. The Labute approximate surface area is 195 Å². The minimum Gasteiger partial charge on any atom is -0.459 e. The predicted octanol–water partition coefficient (Wildman–Crippen LogP) is 3.86. The molecule has 0 saturated heterocycles. The largest absolute Gasteiger partial charge is 0.459 e. The summed E-state index contributed by atoms with van der Waals surface area (Å²) in [4.78, 5) is 36.1. The number of thiazole rings is 1. The minimum absolute atomic E-state index is 0.0758. The van der Waals surface area contributed by atoms with Gasteiger partial charge in [0.15, 0.2) is 10.9 Å². The summed E-state index contributed by atoms with van der Waals surface area (Å²) in [7, 11) is 0. The molecule has 2 N–H and O–H groups in total. The molecule has 0 aliphatic heterocycles. The van der Waals surface area contributed by atoms with Crippen LogP contribution in [0.3, 0.4) is 0 Å². The molecule has 3 aromatic heterocycles. The van der Waals surface area contributed by atoms with Gasteiger partial charge in [-0.25, -0.2) is 9.97 Å². The van der Waals surface area contributed by atoms with Gasteiger partial charge in [0.2, 0.25) is 11.9 Å². The molecule has 10 heteroatoms. The summed E-state index contributed by atoms with van der Waals surface area (Å²) in [6.07, 6.45) is 1.51. The fourth-order valence-electron chi connectivity index (χ4n) is 3.52. The van der Waals surface area contributed by atoms with Gasteiger partial charge in [-0.1, -0.05) is 26.0 Å². The Morgan fingerprint density at radius 2 is 1.91 bits per heavy atom. The number of hydrogen-bond donors (Lipinski definition) is 2. The van der Waals surface area contributed by atoms with Gasteiger partial charge >= 0.3 is 0 Å². The first-order valence-corrected chi connectivity index (χ1v) is 11.7. The number of imidazole rings is 1. The summed E-state index contributed by atoms with van der Waals surface area (Å²) >= 11 is 1.26. The normalized spacial score (nSPS) is 11.2. The van der Waals surface area contributed by atoms with Crippen molar-refractivity contribution in [1.29, 1.82) is 0 Å². The molecule has 0 bridgehead atoms. The van der Waals surface area contributed by atoms with Crippen LogP contribution in [-0.2, 0) is 17.8 Å². The van der Waals surface area contributed by atoms with Crippen molar-refractivity contribution >= 4 is 45.3 Å². The predicted molar refractivity (Wildman–Crippen MR) is 129 cm³/mol. The molecule has 3 heterocycles. The van der Waals surface area contributed by atoms with E-state index in [4.69, 9.17) is 4.42 Å². The van der Waals surface area contributed by atoms with E-state index in [-0.39, 0.29) is 24.0 Å². The SMILES string of the molecule is CCN(CC)CCn1c(NC(=O)Cc2csc(NC(=O)c3ccco3)n2)nc2ccccc21. The molecule has 0 atom stereocenters. The molecule has 0 saturated carbocycles. The maximum atomic E-state index is 12.8. The molecule has 4 rings (SSSR count). The lowest BCUT2D eigenvalue weighted by Gasteiger charge is -2.19. The number of rotatable bonds is 10. The molecule has 33 heavy (non-hydrogen) atoms. The van der Waals surface area contributed by atoms with Crippen LogP contribution in [0.1, 0.15) is 30.1 Å². The van der Waals surface area contributed by atoms with Gasteiger partial charge in [0, 0.05) is 18.5 Å². The highest BCUT2D eigenvalue weighted by Crippen LogP contribution is 2.21. The highest BCUT2D eigenvalue weighted by molar-refractivity contribution is 7.14. The monoisotopic (exact) mass is 466 g/mol. The molecule has 0 radical (unpaired) electrons. The first-order valence-electron chi connectivity index (χ1n) is 10.8. The first-order chi connectivity index (χ1) is 16.1. The number of carbonyl (C=O) groups is 2. The average Bonchev–Trinajstić information content (AvgIpc) is 3.55. The van der Waals surface area contributed by atoms with E-state index >= 15 is 0 Å². The molecule has 0 unspecified atom stereocenters. The number of carbonyl (C=O) groups excluding carboxylic acids is 2. The van der Waals surface area contributed by atoms with Crippen molar-refractivity contribution < 1.29 is 14.0 Å². The Kier molecular flexibility index (Phi) is 7.16. The summed E-state index contributed by atoms with van der Waals surface area (Å²) in [5.74, 6) is 0.124. The van der Waals surface area contributed by atoms with Crippen molar-refractivity contribution in [2.45, 2.75) is 26.8 Å². The Balaban J connectivity index is 1.43. The number of likely N-dealkylation sites (N-methyl/N-ethyl adjacent to an activating group) is 1. The van der Waals surface area contributed by atoms with E-state index in [0.29, 0.717) is 16.8 Å². The number of benzene rings is 1. The van der Waals surface area contributed by atoms with E-state index in [1.165, 1.54) is 17.6 Å². The zero-order valence-corrected chi connectivity index (χ0v) is 19.4. The van der Waals surface area contributed by atoms with E-state index in [1.54, 1.807) is 17.5 Å². The van der Waals surface area contributed by atoms with Crippen LogP contribution in [0.15, 0.2) is 52.5 Å². The van der Waals surface area contributed by atoms with Gasteiger partial charge in [-0.2, -0.15) is 0 Å². The van der Waals surface area contributed by atoms with Gasteiger partial charge in [0.05, 0.1) is 29.4 Å². The second-order valence-electron chi connectivity index (χ2n) is 7.40. The third-order valence-electron chi connectivity index (χ3n) is 5.30. The lowest BCUT2D eigenvalue weighted by atomic mass is 10.3. The van der Waals surface area contributed by atoms with Gasteiger partial charge in [-0.15, -0.1) is 11.3 Å². The van der Waals surface area contributed by atoms with Crippen LogP contribution < -0.4 is 10.6 Å². The summed E-state index contributed by atoms with van der Waals surface area (Å²) < 4.78 is 7.12. The molecule has 2 amide bonds. The molecule has 4 aromatic rings. The van der Waals surface area contributed by atoms with Crippen LogP contribution in [0.2, 0.25) is 0 Å². The molecule has 1 aromatic carbocycles. The highest BCUT2D eigenvalue weighted by Gasteiger charge is 2.16. The van der Waals surface area contributed by atoms with Crippen LogP contribution in [0.4, 0.5) is 11.1 Å². The lowest BCUT2D eigenvalue weighted by Crippen LogP contribution is -2.28. The number of furan rings is 1. The second-order valence-corrected chi connectivity index (χ2v) is 8.26. The van der Waals surface area contributed by atoms with Crippen molar-refractivity contribution in [2.75, 3.05) is 30.3 Å². The Bertz CT molecular complexity index is 1230. The molecule has 0 aliphatic rings. The van der Waals surface area contributed by atoms with Gasteiger partial charge < -0.3 is 13.9 Å². The fourth-order valence-corrected chi connectivity index (χ4v) is 4.23. The highest BCUT2D eigenvalue weighted by atomic mass is 32.1. The van der Waals surface area contributed by atoms with Crippen molar-refractivity contribution in [1.82, 2.24) is 19.4 Å². The van der Waals surface area contributed by atoms with E-state index < -0.39 is 0 Å². The fraction of sp³-hybridized carbons (Fsp3) is 0.304. The van der Waals surface area contributed by atoms with Gasteiger partial charge in [-0.3, -0.25) is 20.2 Å². The van der Waals surface area contributed by atoms with Crippen LogP contribution in [0.25, 0.3) is 11.0 Å². The van der Waals surface area contributed by atoms with Gasteiger partial charge in [0.1, 0.15) is 0 Å². The van der Waals surface area contributed by atoms with Gasteiger partial charge in [-0.05, 0) is 37.4 Å². The Morgan fingerprint density at radius 3 is 2.67 bits per heavy atom. The van der Waals surface area contributed by atoms with Crippen LogP contribution in [0.5, 0.6) is 0 Å². The molecule has 0 fully saturated rings. The van der Waals surface area contributed by atoms with Crippen LogP contribution in [0, 0.1) is 0 Å². The molecule has 9 nitrogen and oxygen atoms in total. The van der Waals surface area contributed by atoms with Crippen LogP contribution >= 0.6 is 11.3 Å². The molecule has 172 valence electrons. The zero-order valence-electron chi connectivity index (χ0n) is 18.6. The lowest BCUT2D eigenvalue weighted by molar-refractivity contribution is -0.115. The van der Waals surface area contributed by atoms with Crippen molar-refractivity contribution in [3.8, 4) is 0 Å². The molecular formula is C23H26N6O3S. The van der Waals surface area contributed by atoms with Gasteiger partial charge in [0.25, 0.3) is 5.91 Å². The number of nitrogens with zero attached hydrogens (tertiary/aromatic N) is 4. The Morgan fingerprint density at radius 1 is 1.09 bits per heavy atom. The smallest absolute Gasteiger partial charge is 0.293 e. The maximum Gasteiger partial charge on any atom is 0.293 e. The standard InChI is InChI=1S/C23H26N6O3S/c1-3-28(4-2)11-12-29-18-9-6-5-8-17(18)25-22(29)26-20(30)14-16-15-33-23(24-16)27-21(31)19-10-7-13-32-19/h5-10,13,15H,3-4,11-12,14H2,1-2H3,(H,24,27,31)(H,25,26,30). The molecular weight excluding hydrogens is 440 g/mol. The summed E-state index contributed by atoms with van der Waals surface area (Å²) in [6.45, 7) is 7.79. The van der Waals surface area contributed by atoms with E-state index in [2.05, 4.69) is 39.3 Å². The van der Waals surface area contributed by atoms with Crippen molar-refractivity contribution in [3.63, 3.8) is 0 Å².